The van der Waals surface area contributed by atoms with Crippen molar-refractivity contribution in [3.63, 3.8) is 0 Å². The minimum absolute atomic E-state index is 0.117. The standard InChI is InChI=1S/C18H25N3O3S/c22-18(14-4-1-2-5-14)21-11-16(12-21)25(23,24)20-17(13-7-8-13)15-6-3-9-19-10-15/h3,6,9-10,13-14,16-17,20H,1-2,4-5,7-8,11-12H2. The van der Waals surface area contributed by atoms with Crippen LogP contribution in [0.5, 0.6) is 0 Å². The van der Waals surface area contributed by atoms with Crippen molar-refractivity contribution in [3.8, 4) is 0 Å². The number of carbonyl (C=O) groups is 1. The van der Waals surface area contributed by atoms with Gasteiger partial charge in [0.05, 0.1) is 6.04 Å². The van der Waals surface area contributed by atoms with Crippen LogP contribution in [-0.4, -0.2) is 42.5 Å². The minimum Gasteiger partial charge on any atom is -0.340 e. The fourth-order valence-corrected chi connectivity index (χ4v) is 5.57. The number of nitrogens with one attached hydrogen (secondary N) is 1. The van der Waals surface area contributed by atoms with Crippen LogP contribution in [0.2, 0.25) is 0 Å². The maximum absolute atomic E-state index is 12.7. The second-order valence-corrected chi connectivity index (χ2v) is 9.60. The van der Waals surface area contributed by atoms with Crippen molar-refractivity contribution in [3.05, 3.63) is 30.1 Å². The van der Waals surface area contributed by atoms with Crippen LogP contribution in [0.3, 0.4) is 0 Å². The molecule has 0 spiro atoms. The summed E-state index contributed by atoms with van der Waals surface area (Å²) in [6.45, 7) is 0.657. The first-order chi connectivity index (χ1) is 12.0. The third kappa shape index (κ3) is 3.58. The largest absolute Gasteiger partial charge is 0.340 e. The van der Waals surface area contributed by atoms with E-state index in [4.69, 9.17) is 0 Å². The SMILES string of the molecule is O=C(C1CCCC1)N1CC(S(=O)(=O)NC(c2cccnc2)C2CC2)C1. The number of amides is 1. The zero-order chi connectivity index (χ0) is 17.4. The summed E-state index contributed by atoms with van der Waals surface area (Å²) in [5.74, 6) is 0.622. The van der Waals surface area contributed by atoms with Crippen LogP contribution in [0.25, 0.3) is 0 Å². The number of sulfonamides is 1. The number of carbonyl (C=O) groups excluding carboxylic acids is 1. The van der Waals surface area contributed by atoms with Crippen molar-refractivity contribution in [1.82, 2.24) is 14.6 Å². The Bertz CT molecular complexity index is 721. The van der Waals surface area contributed by atoms with Crippen molar-refractivity contribution in [2.24, 2.45) is 11.8 Å². The van der Waals surface area contributed by atoms with Crippen LogP contribution in [0.15, 0.2) is 24.5 Å². The summed E-state index contributed by atoms with van der Waals surface area (Å²) in [6.07, 6.45) is 9.65. The molecule has 0 aromatic carbocycles. The Morgan fingerprint density at radius 1 is 1.20 bits per heavy atom. The predicted molar refractivity (Wildman–Crippen MR) is 94.1 cm³/mol. The van der Waals surface area contributed by atoms with Gasteiger partial charge in [0.15, 0.2) is 0 Å². The number of aromatic nitrogens is 1. The van der Waals surface area contributed by atoms with Crippen molar-refractivity contribution in [1.29, 1.82) is 0 Å². The molecule has 3 fully saturated rings. The summed E-state index contributed by atoms with van der Waals surface area (Å²) in [5.41, 5.74) is 0.923. The highest BCUT2D eigenvalue weighted by molar-refractivity contribution is 7.90. The Hall–Kier alpha value is -1.47. The number of nitrogens with zero attached hydrogens (tertiary/aromatic N) is 2. The van der Waals surface area contributed by atoms with Crippen molar-refractivity contribution < 1.29 is 13.2 Å². The molecule has 2 saturated carbocycles. The first-order valence-electron chi connectivity index (χ1n) is 9.24. The van der Waals surface area contributed by atoms with E-state index in [9.17, 15) is 13.2 Å². The van der Waals surface area contributed by atoms with E-state index in [2.05, 4.69) is 9.71 Å². The summed E-state index contributed by atoms with van der Waals surface area (Å²) in [4.78, 5) is 18.2. The van der Waals surface area contributed by atoms with E-state index in [-0.39, 0.29) is 17.9 Å². The van der Waals surface area contributed by atoms with E-state index in [1.807, 2.05) is 12.1 Å². The highest BCUT2D eigenvalue weighted by atomic mass is 32.2. The number of hydrogen-bond donors (Lipinski definition) is 1. The molecule has 1 aromatic heterocycles. The quantitative estimate of drug-likeness (QED) is 0.837. The molecule has 1 N–H and O–H groups in total. The Balaban J connectivity index is 1.38. The first-order valence-corrected chi connectivity index (χ1v) is 10.8. The molecule has 3 aliphatic rings. The van der Waals surface area contributed by atoms with Gasteiger partial charge in [-0.1, -0.05) is 18.9 Å². The van der Waals surface area contributed by atoms with E-state index >= 15 is 0 Å². The molecule has 1 unspecified atom stereocenters. The number of pyridine rings is 1. The molecule has 2 heterocycles. The Morgan fingerprint density at radius 2 is 1.92 bits per heavy atom. The van der Waals surface area contributed by atoms with Crippen LogP contribution >= 0.6 is 0 Å². The van der Waals surface area contributed by atoms with E-state index in [1.54, 1.807) is 17.3 Å². The molecule has 1 atom stereocenters. The third-order valence-electron chi connectivity index (χ3n) is 5.73. The lowest BCUT2D eigenvalue weighted by atomic mass is 10.0. The molecule has 0 bridgehead atoms. The van der Waals surface area contributed by atoms with Crippen LogP contribution in [-0.2, 0) is 14.8 Å². The van der Waals surface area contributed by atoms with Gasteiger partial charge in [0.2, 0.25) is 15.9 Å². The van der Waals surface area contributed by atoms with E-state index < -0.39 is 15.3 Å². The molecule has 2 aliphatic carbocycles. The monoisotopic (exact) mass is 363 g/mol. The van der Waals surface area contributed by atoms with Gasteiger partial charge in [-0.15, -0.1) is 0 Å². The van der Waals surface area contributed by atoms with Gasteiger partial charge in [0, 0.05) is 31.4 Å². The van der Waals surface area contributed by atoms with Crippen molar-refractivity contribution >= 4 is 15.9 Å². The zero-order valence-electron chi connectivity index (χ0n) is 14.3. The smallest absolute Gasteiger partial charge is 0.225 e. The van der Waals surface area contributed by atoms with Gasteiger partial charge < -0.3 is 4.90 Å². The summed E-state index contributed by atoms with van der Waals surface area (Å²) in [6, 6.07) is 3.57. The zero-order valence-corrected chi connectivity index (χ0v) is 15.1. The summed E-state index contributed by atoms with van der Waals surface area (Å²) >= 11 is 0. The molecule has 6 nitrogen and oxygen atoms in total. The third-order valence-corrected chi connectivity index (χ3v) is 7.49. The Kier molecular flexibility index (Phi) is 4.54. The normalized spacial score (nSPS) is 23.4. The van der Waals surface area contributed by atoms with Crippen LogP contribution in [0.1, 0.15) is 50.1 Å². The summed E-state index contributed by atoms with van der Waals surface area (Å²) in [7, 11) is -3.44. The minimum atomic E-state index is -3.44. The van der Waals surface area contributed by atoms with Crippen LogP contribution in [0.4, 0.5) is 0 Å². The molecule has 1 aliphatic heterocycles. The first kappa shape index (κ1) is 17.0. The predicted octanol–water partition coefficient (Wildman–Crippen LogP) is 1.85. The molecular weight excluding hydrogens is 338 g/mol. The van der Waals surface area contributed by atoms with Gasteiger partial charge in [-0.25, -0.2) is 13.1 Å². The topological polar surface area (TPSA) is 79.4 Å². The van der Waals surface area contributed by atoms with Gasteiger partial charge in [-0.2, -0.15) is 0 Å². The second-order valence-electron chi connectivity index (χ2n) is 7.61. The fraction of sp³-hybridized carbons (Fsp3) is 0.667. The molecule has 4 rings (SSSR count). The highest BCUT2D eigenvalue weighted by Gasteiger charge is 2.44. The maximum Gasteiger partial charge on any atom is 0.225 e. The molecule has 1 aromatic rings. The summed E-state index contributed by atoms with van der Waals surface area (Å²) in [5, 5.41) is -0.490. The van der Waals surface area contributed by atoms with E-state index in [1.165, 1.54) is 0 Å². The lowest BCUT2D eigenvalue weighted by molar-refractivity contribution is -0.138. The summed E-state index contributed by atoms with van der Waals surface area (Å²) < 4.78 is 28.4. The Morgan fingerprint density at radius 3 is 2.52 bits per heavy atom. The number of rotatable bonds is 6. The molecule has 0 radical (unpaired) electrons. The lowest BCUT2D eigenvalue weighted by Crippen LogP contribution is -2.60. The average molecular weight is 363 g/mol. The van der Waals surface area contributed by atoms with Crippen molar-refractivity contribution in [2.75, 3.05) is 13.1 Å². The van der Waals surface area contributed by atoms with Crippen LogP contribution in [0, 0.1) is 11.8 Å². The number of likely N-dealkylation sites (tertiary alicyclic amines) is 1. The van der Waals surface area contributed by atoms with Gasteiger partial charge in [0.1, 0.15) is 5.25 Å². The molecule has 136 valence electrons. The van der Waals surface area contributed by atoms with E-state index in [0.29, 0.717) is 19.0 Å². The van der Waals surface area contributed by atoms with Gasteiger partial charge in [0.25, 0.3) is 0 Å². The second kappa shape index (κ2) is 6.68. The van der Waals surface area contributed by atoms with Gasteiger partial charge in [-0.3, -0.25) is 9.78 Å². The molecule has 1 amide bonds. The Labute approximate surface area is 149 Å². The molecule has 1 saturated heterocycles. The average Bonchev–Trinajstić information content (AvgIpc) is 3.25. The molecule has 7 heteroatoms. The van der Waals surface area contributed by atoms with Crippen molar-refractivity contribution in [2.45, 2.75) is 49.8 Å². The van der Waals surface area contributed by atoms with Gasteiger partial charge >= 0.3 is 0 Å². The van der Waals surface area contributed by atoms with Crippen LogP contribution < -0.4 is 4.72 Å². The highest BCUT2D eigenvalue weighted by Crippen LogP contribution is 2.41. The molecule has 25 heavy (non-hydrogen) atoms. The van der Waals surface area contributed by atoms with Gasteiger partial charge in [-0.05, 0) is 43.2 Å². The maximum atomic E-state index is 12.7. The fourth-order valence-electron chi connectivity index (χ4n) is 3.94. The number of hydrogen-bond acceptors (Lipinski definition) is 4. The molecular formula is C18H25N3O3S. The van der Waals surface area contributed by atoms with E-state index in [0.717, 1.165) is 44.1 Å². The lowest BCUT2D eigenvalue weighted by Gasteiger charge is -2.40.